The van der Waals surface area contributed by atoms with Crippen LogP contribution in [-0.4, -0.2) is 18.0 Å². The molecule has 0 bridgehead atoms. The van der Waals surface area contributed by atoms with Crippen LogP contribution in [0.1, 0.15) is 54.4 Å². The standard InChI is InChI=1S/C23H27N/c1-3-18-12-14-24(15-13-18)17(2)23-21-10-6-4-8-19(21)16-20-9-5-7-11-22(20)23/h4-11,18,23H,2-3,12-16H2,1H3. The molecule has 0 saturated carbocycles. The van der Waals surface area contributed by atoms with E-state index < -0.39 is 0 Å². The molecule has 24 heavy (non-hydrogen) atoms. The normalized spacial score (nSPS) is 18.1. The molecule has 1 fully saturated rings. The number of nitrogens with zero attached hydrogens (tertiary/aromatic N) is 1. The molecule has 4 rings (SSSR count). The average molecular weight is 317 g/mol. The third-order valence-corrected chi connectivity index (χ3v) is 6.04. The van der Waals surface area contributed by atoms with Gasteiger partial charge in [0, 0.05) is 24.7 Å². The zero-order valence-electron chi connectivity index (χ0n) is 14.7. The van der Waals surface area contributed by atoms with E-state index in [2.05, 4.69) is 66.9 Å². The van der Waals surface area contributed by atoms with Gasteiger partial charge < -0.3 is 4.90 Å². The summed E-state index contributed by atoms with van der Waals surface area (Å²) >= 11 is 0. The molecule has 0 aromatic heterocycles. The lowest BCUT2D eigenvalue weighted by Crippen LogP contribution is -2.35. The van der Waals surface area contributed by atoms with Gasteiger partial charge in [-0.1, -0.05) is 68.5 Å². The van der Waals surface area contributed by atoms with Gasteiger partial charge in [-0.15, -0.1) is 0 Å². The van der Waals surface area contributed by atoms with Crippen molar-refractivity contribution < 1.29 is 0 Å². The third kappa shape index (κ3) is 2.66. The lowest BCUT2D eigenvalue weighted by Gasteiger charge is -2.40. The molecule has 2 aromatic rings. The van der Waals surface area contributed by atoms with E-state index in [9.17, 15) is 0 Å². The Hall–Kier alpha value is -2.02. The molecule has 0 atom stereocenters. The Morgan fingerprint density at radius 1 is 0.958 bits per heavy atom. The molecule has 0 unspecified atom stereocenters. The molecule has 1 heterocycles. The first-order valence-corrected chi connectivity index (χ1v) is 9.37. The third-order valence-electron chi connectivity index (χ3n) is 6.04. The molecule has 2 aromatic carbocycles. The van der Waals surface area contributed by atoms with E-state index in [-0.39, 0.29) is 0 Å². The van der Waals surface area contributed by atoms with Crippen LogP contribution in [-0.2, 0) is 6.42 Å². The first-order valence-electron chi connectivity index (χ1n) is 9.37. The Balaban J connectivity index is 1.68. The van der Waals surface area contributed by atoms with Crippen molar-refractivity contribution in [1.29, 1.82) is 0 Å². The van der Waals surface area contributed by atoms with Gasteiger partial charge in [0.05, 0.1) is 0 Å². The number of hydrogen-bond donors (Lipinski definition) is 0. The summed E-state index contributed by atoms with van der Waals surface area (Å²) < 4.78 is 0. The van der Waals surface area contributed by atoms with E-state index in [0.29, 0.717) is 5.92 Å². The fourth-order valence-corrected chi connectivity index (χ4v) is 4.50. The van der Waals surface area contributed by atoms with E-state index in [4.69, 9.17) is 0 Å². The monoisotopic (exact) mass is 317 g/mol. The van der Waals surface area contributed by atoms with Gasteiger partial charge in [-0.25, -0.2) is 0 Å². The van der Waals surface area contributed by atoms with Gasteiger partial charge in [0.25, 0.3) is 0 Å². The van der Waals surface area contributed by atoms with E-state index in [1.807, 2.05) is 0 Å². The van der Waals surface area contributed by atoms with Crippen molar-refractivity contribution in [3.63, 3.8) is 0 Å². The number of piperidine rings is 1. The minimum Gasteiger partial charge on any atom is -0.375 e. The average Bonchev–Trinajstić information content (AvgIpc) is 2.65. The number of allylic oxidation sites excluding steroid dienone is 1. The highest BCUT2D eigenvalue weighted by atomic mass is 15.1. The number of benzene rings is 2. The SMILES string of the molecule is C=C(C1c2ccccc2Cc2ccccc21)N1CCC(CC)CC1. The fraction of sp³-hybridized carbons (Fsp3) is 0.391. The maximum atomic E-state index is 4.58. The minimum atomic E-state index is 0.323. The van der Waals surface area contributed by atoms with Gasteiger partial charge in [0.15, 0.2) is 0 Å². The van der Waals surface area contributed by atoms with E-state index in [1.54, 1.807) is 0 Å². The van der Waals surface area contributed by atoms with Crippen molar-refractivity contribution in [3.8, 4) is 0 Å². The summed E-state index contributed by atoms with van der Waals surface area (Å²) in [6.07, 6.45) is 4.99. The highest BCUT2D eigenvalue weighted by Crippen LogP contribution is 2.42. The second-order valence-corrected chi connectivity index (χ2v) is 7.34. The largest absolute Gasteiger partial charge is 0.375 e. The van der Waals surface area contributed by atoms with Crippen LogP contribution in [0, 0.1) is 5.92 Å². The Kier molecular flexibility index (Phi) is 4.18. The van der Waals surface area contributed by atoms with Crippen LogP contribution in [0.2, 0.25) is 0 Å². The molecule has 1 nitrogen and oxygen atoms in total. The highest BCUT2D eigenvalue weighted by Gasteiger charge is 2.30. The summed E-state index contributed by atoms with van der Waals surface area (Å²) in [6.45, 7) is 9.23. The fourth-order valence-electron chi connectivity index (χ4n) is 4.50. The van der Waals surface area contributed by atoms with Crippen molar-refractivity contribution in [1.82, 2.24) is 4.90 Å². The topological polar surface area (TPSA) is 3.24 Å². The van der Waals surface area contributed by atoms with Crippen LogP contribution >= 0.6 is 0 Å². The Morgan fingerprint density at radius 2 is 1.50 bits per heavy atom. The molecule has 1 heteroatoms. The van der Waals surface area contributed by atoms with Crippen LogP contribution < -0.4 is 0 Å². The van der Waals surface area contributed by atoms with Crippen molar-refractivity contribution in [3.05, 3.63) is 83.1 Å². The first kappa shape index (κ1) is 15.5. The summed E-state index contributed by atoms with van der Waals surface area (Å²) in [5.41, 5.74) is 7.14. The summed E-state index contributed by atoms with van der Waals surface area (Å²) in [5, 5.41) is 0. The maximum Gasteiger partial charge on any atom is 0.0489 e. The van der Waals surface area contributed by atoms with Gasteiger partial charge >= 0.3 is 0 Å². The second kappa shape index (κ2) is 6.47. The molecule has 1 aliphatic heterocycles. The van der Waals surface area contributed by atoms with Gasteiger partial charge in [0.1, 0.15) is 0 Å². The van der Waals surface area contributed by atoms with Crippen LogP contribution in [0.15, 0.2) is 60.8 Å². The van der Waals surface area contributed by atoms with Gasteiger partial charge in [-0.2, -0.15) is 0 Å². The van der Waals surface area contributed by atoms with Crippen LogP contribution in [0.25, 0.3) is 0 Å². The molecule has 1 aliphatic carbocycles. The number of hydrogen-bond acceptors (Lipinski definition) is 1. The second-order valence-electron chi connectivity index (χ2n) is 7.34. The van der Waals surface area contributed by atoms with Crippen molar-refractivity contribution >= 4 is 0 Å². The molecule has 0 radical (unpaired) electrons. The Morgan fingerprint density at radius 3 is 2.04 bits per heavy atom. The van der Waals surface area contributed by atoms with Crippen molar-refractivity contribution in [2.24, 2.45) is 5.92 Å². The van der Waals surface area contributed by atoms with Gasteiger partial charge in [-0.05, 0) is 47.4 Å². The Bertz CT molecular complexity index is 692. The molecule has 0 amide bonds. The van der Waals surface area contributed by atoms with E-state index in [1.165, 1.54) is 47.2 Å². The predicted octanol–water partition coefficient (Wildman–Crippen LogP) is 5.36. The summed E-state index contributed by atoms with van der Waals surface area (Å²) in [4.78, 5) is 2.55. The number of rotatable bonds is 3. The van der Waals surface area contributed by atoms with E-state index in [0.717, 1.165) is 25.4 Å². The molecule has 0 N–H and O–H groups in total. The van der Waals surface area contributed by atoms with Crippen LogP contribution in [0.3, 0.4) is 0 Å². The molecule has 0 spiro atoms. The Labute approximate surface area is 146 Å². The molecule has 124 valence electrons. The predicted molar refractivity (Wildman–Crippen MR) is 101 cm³/mol. The lowest BCUT2D eigenvalue weighted by molar-refractivity contribution is 0.216. The summed E-state index contributed by atoms with van der Waals surface area (Å²) in [5.74, 6) is 1.23. The van der Waals surface area contributed by atoms with Crippen LogP contribution in [0.5, 0.6) is 0 Å². The smallest absolute Gasteiger partial charge is 0.0489 e. The molecular formula is C23H27N. The highest BCUT2D eigenvalue weighted by molar-refractivity contribution is 5.53. The summed E-state index contributed by atoms with van der Waals surface area (Å²) in [7, 11) is 0. The summed E-state index contributed by atoms with van der Waals surface area (Å²) in [6, 6.07) is 17.9. The molecule has 2 aliphatic rings. The lowest BCUT2D eigenvalue weighted by atomic mass is 9.76. The molecular weight excluding hydrogens is 290 g/mol. The van der Waals surface area contributed by atoms with Crippen molar-refractivity contribution in [2.75, 3.05) is 13.1 Å². The number of likely N-dealkylation sites (tertiary alicyclic amines) is 1. The van der Waals surface area contributed by atoms with Gasteiger partial charge in [0.2, 0.25) is 0 Å². The number of fused-ring (bicyclic) bond motifs is 2. The molecule has 1 saturated heterocycles. The minimum absolute atomic E-state index is 0.323. The first-order chi connectivity index (χ1) is 11.8. The zero-order chi connectivity index (χ0) is 16.5. The zero-order valence-corrected chi connectivity index (χ0v) is 14.7. The van der Waals surface area contributed by atoms with Gasteiger partial charge in [-0.3, -0.25) is 0 Å². The van der Waals surface area contributed by atoms with Crippen LogP contribution in [0.4, 0.5) is 0 Å². The maximum absolute atomic E-state index is 4.58. The van der Waals surface area contributed by atoms with Crippen molar-refractivity contribution in [2.45, 2.75) is 38.5 Å². The van der Waals surface area contributed by atoms with E-state index >= 15 is 0 Å². The quantitative estimate of drug-likeness (QED) is 0.737.